The molecule has 0 aliphatic rings. The van der Waals surface area contributed by atoms with Gasteiger partial charge in [0.25, 0.3) is 0 Å². The van der Waals surface area contributed by atoms with Gasteiger partial charge in [0.1, 0.15) is 12.7 Å². The predicted octanol–water partition coefficient (Wildman–Crippen LogP) is -0.373. The van der Waals surface area contributed by atoms with Crippen molar-refractivity contribution in [2.75, 3.05) is 6.61 Å². The summed E-state index contributed by atoms with van der Waals surface area (Å²) >= 11 is 2.59. The van der Waals surface area contributed by atoms with Crippen LogP contribution >= 0.6 is 15.9 Å². The van der Waals surface area contributed by atoms with Crippen molar-refractivity contribution in [3.8, 4) is 0 Å². The van der Waals surface area contributed by atoms with Crippen LogP contribution in [0.2, 0.25) is 0 Å². The Morgan fingerprint density at radius 1 is 0.800 bits per heavy atom. The highest BCUT2D eigenvalue weighted by Gasteiger charge is 2.44. The first-order valence-electron chi connectivity index (χ1n) is 6.98. The summed E-state index contributed by atoms with van der Waals surface area (Å²) in [5.74, 6) is -3.39. The molecule has 4 atom stereocenters. The minimum Gasteiger partial charge on any atom is -0.463 e. The number of aliphatic hydroxyl groups excluding tert-OH is 1. The minimum atomic E-state index is -1.71. The average molecular weight is 427 g/mol. The van der Waals surface area contributed by atoms with E-state index in [0.29, 0.717) is 0 Å². The molecule has 0 aromatic heterocycles. The van der Waals surface area contributed by atoms with Crippen molar-refractivity contribution in [2.24, 2.45) is 0 Å². The largest absolute Gasteiger partial charge is 0.463 e. The van der Waals surface area contributed by atoms with E-state index >= 15 is 0 Å². The molecule has 0 aromatic carbocycles. The Bertz CT molecular complexity index is 532. The normalized spacial score (nSPS) is 15.1. The maximum atomic E-state index is 11.7. The number of carbonyl (C=O) groups is 5. The van der Waals surface area contributed by atoms with E-state index in [0.717, 1.165) is 27.7 Å². The number of carbonyl (C=O) groups excluding carboxylic acids is 5. The Morgan fingerprint density at radius 2 is 1.24 bits per heavy atom. The van der Waals surface area contributed by atoms with Crippen molar-refractivity contribution in [2.45, 2.75) is 52.1 Å². The summed E-state index contributed by atoms with van der Waals surface area (Å²) in [7, 11) is 0. The van der Waals surface area contributed by atoms with Crippen molar-refractivity contribution in [1.82, 2.24) is 0 Å². The van der Waals surface area contributed by atoms with Crippen LogP contribution in [0.5, 0.6) is 0 Å². The lowest BCUT2D eigenvalue weighted by molar-refractivity contribution is -0.195. The molecule has 10 nitrogen and oxygen atoms in total. The van der Waals surface area contributed by atoms with Crippen molar-refractivity contribution < 1.29 is 48.0 Å². The van der Waals surface area contributed by atoms with E-state index in [1.165, 1.54) is 0 Å². The van der Waals surface area contributed by atoms with Crippen LogP contribution in [-0.2, 0) is 42.9 Å². The van der Waals surface area contributed by atoms with Gasteiger partial charge >= 0.3 is 23.9 Å². The lowest BCUT2D eigenvalue weighted by Crippen LogP contribution is -2.53. The van der Waals surface area contributed by atoms with E-state index in [1.807, 2.05) is 0 Å². The van der Waals surface area contributed by atoms with Crippen LogP contribution in [0.25, 0.3) is 0 Å². The van der Waals surface area contributed by atoms with Crippen molar-refractivity contribution in [1.29, 1.82) is 0 Å². The molecular weight excluding hydrogens is 408 g/mol. The second-order valence-electron chi connectivity index (χ2n) is 4.85. The zero-order valence-electron chi connectivity index (χ0n) is 14.0. The Labute approximate surface area is 151 Å². The molecule has 0 fully saturated rings. The summed E-state index contributed by atoms with van der Waals surface area (Å²) in [6.07, 6.45) is -6.70. The van der Waals surface area contributed by atoms with Crippen molar-refractivity contribution >= 4 is 44.5 Å². The third kappa shape index (κ3) is 9.15. The topological polar surface area (TPSA) is 143 Å². The molecule has 25 heavy (non-hydrogen) atoms. The first kappa shape index (κ1) is 23.0. The summed E-state index contributed by atoms with van der Waals surface area (Å²) in [4.78, 5) is 56.5. The van der Waals surface area contributed by atoms with Crippen LogP contribution in [0.15, 0.2) is 0 Å². The number of rotatable bonds is 9. The molecule has 0 bridgehead atoms. The molecule has 0 spiro atoms. The fraction of sp³-hybridized carbons (Fsp3) is 0.643. The van der Waals surface area contributed by atoms with Crippen molar-refractivity contribution in [3.05, 3.63) is 0 Å². The smallest absolute Gasteiger partial charge is 0.303 e. The van der Waals surface area contributed by atoms with Crippen LogP contribution in [0.1, 0.15) is 27.7 Å². The standard InChI is InChI=1S/C14H19BrO10/c1-6(16)22-5-10(20)11(23-7(2)17)12(24-8(3)18)13(14(15)21)25-9(4)19/h10-13,20H,5H2,1-4H3/t10-,11-,12+,13+/m1/s1. The Hall–Kier alpha value is -2.01. The Kier molecular flexibility index (Phi) is 9.91. The molecule has 0 unspecified atom stereocenters. The second-order valence-corrected chi connectivity index (χ2v) is 5.63. The van der Waals surface area contributed by atoms with Gasteiger partial charge in [-0.3, -0.25) is 24.0 Å². The van der Waals surface area contributed by atoms with Gasteiger partial charge in [0.15, 0.2) is 12.2 Å². The molecule has 0 saturated carbocycles. The molecule has 0 saturated heterocycles. The first-order valence-corrected chi connectivity index (χ1v) is 7.77. The van der Waals surface area contributed by atoms with E-state index in [1.54, 1.807) is 0 Å². The van der Waals surface area contributed by atoms with E-state index in [-0.39, 0.29) is 0 Å². The zero-order valence-corrected chi connectivity index (χ0v) is 15.6. The molecule has 0 aliphatic heterocycles. The van der Waals surface area contributed by atoms with Gasteiger partial charge in [-0.15, -0.1) is 0 Å². The second kappa shape index (κ2) is 10.8. The first-order chi connectivity index (χ1) is 11.5. The summed E-state index contributed by atoms with van der Waals surface area (Å²) in [5.41, 5.74) is 0. The molecule has 1 N–H and O–H groups in total. The van der Waals surface area contributed by atoms with E-state index < -0.39 is 59.6 Å². The molecular formula is C14H19BrO10. The highest BCUT2D eigenvalue weighted by atomic mass is 79.9. The van der Waals surface area contributed by atoms with Gasteiger partial charge in [0.05, 0.1) is 0 Å². The van der Waals surface area contributed by atoms with Gasteiger partial charge in [0, 0.05) is 27.7 Å². The monoisotopic (exact) mass is 426 g/mol. The van der Waals surface area contributed by atoms with Gasteiger partial charge in [0.2, 0.25) is 10.8 Å². The molecule has 0 radical (unpaired) electrons. The number of esters is 4. The van der Waals surface area contributed by atoms with Gasteiger partial charge in [-0.05, 0) is 15.9 Å². The fourth-order valence-corrected chi connectivity index (χ4v) is 2.12. The van der Waals surface area contributed by atoms with Gasteiger partial charge < -0.3 is 24.1 Å². The van der Waals surface area contributed by atoms with Crippen LogP contribution in [0, 0.1) is 0 Å². The average Bonchev–Trinajstić information content (AvgIpc) is 2.45. The van der Waals surface area contributed by atoms with Crippen LogP contribution in [0.3, 0.4) is 0 Å². The quantitative estimate of drug-likeness (QED) is 0.294. The summed E-state index contributed by atoms with van der Waals surface area (Å²) in [6.45, 7) is 3.48. The molecule has 0 amide bonds. The molecule has 11 heteroatoms. The number of aliphatic hydroxyl groups is 1. The summed E-state index contributed by atoms with van der Waals surface area (Å²) in [5, 5.41) is 10.1. The van der Waals surface area contributed by atoms with Gasteiger partial charge in [-0.25, -0.2) is 0 Å². The Balaban J connectivity index is 5.74. The van der Waals surface area contributed by atoms with Gasteiger partial charge in [-0.1, -0.05) is 0 Å². The van der Waals surface area contributed by atoms with Crippen LogP contribution in [0.4, 0.5) is 0 Å². The summed E-state index contributed by atoms with van der Waals surface area (Å²) < 4.78 is 18.3. The maximum absolute atomic E-state index is 11.7. The molecule has 0 aromatic rings. The van der Waals surface area contributed by atoms with Crippen molar-refractivity contribution in [3.63, 3.8) is 0 Å². The summed E-state index contributed by atoms with van der Waals surface area (Å²) in [6, 6.07) is 0. The fourth-order valence-electron chi connectivity index (χ4n) is 1.77. The molecule has 0 heterocycles. The van der Waals surface area contributed by atoms with Crippen LogP contribution in [-0.4, -0.2) is 64.7 Å². The highest BCUT2D eigenvalue weighted by Crippen LogP contribution is 2.20. The number of halogens is 1. The van der Waals surface area contributed by atoms with Crippen LogP contribution < -0.4 is 0 Å². The lowest BCUT2D eigenvalue weighted by Gasteiger charge is -2.32. The highest BCUT2D eigenvalue weighted by molar-refractivity contribution is 9.18. The number of hydrogen-bond donors (Lipinski definition) is 1. The SMILES string of the molecule is CC(=O)OC[C@@H](O)[C@@H](OC(C)=O)[C@H](OC(C)=O)[C@H](OC(C)=O)C(=O)Br. The molecule has 0 rings (SSSR count). The number of hydrogen-bond acceptors (Lipinski definition) is 10. The lowest BCUT2D eigenvalue weighted by atomic mass is 10.0. The van der Waals surface area contributed by atoms with Gasteiger partial charge in [-0.2, -0.15) is 0 Å². The zero-order chi connectivity index (χ0) is 19.7. The molecule has 142 valence electrons. The van der Waals surface area contributed by atoms with E-state index in [4.69, 9.17) is 14.2 Å². The van der Waals surface area contributed by atoms with E-state index in [2.05, 4.69) is 20.7 Å². The third-order valence-corrected chi connectivity index (χ3v) is 3.03. The van der Waals surface area contributed by atoms with E-state index in [9.17, 15) is 29.1 Å². The maximum Gasteiger partial charge on any atom is 0.303 e. The third-order valence-electron chi connectivity index (χ3n) is 2.58. The molecule has 0 aliphatic carbocycles. The number of ether oxygens (including phenoxy) is 4. The predicted molar refractivity (Wildman–Crippen MR) is 83.2 cm³/mol. The minimum absolute atomic E-state index is 0.617. The Morgan fingerprint density at radius 3 is 1.60 bits per heavy atom.